The minimum atomic E-state index is -4.22. The molecule has 0 unspecified atom stereocenters. The van der Waals surface area contributed by atoms with Crippen LogP contribution in [0.15, 0.2) is 40.0 Å². The molecule has 1 heterocycles. The number of rotatable bonds is 15. The standard InChI is InChI=1S/C26H40N6O6S/c1-6-8-14-37-21-12-10-19(26(4,5)7-2)16-22(21)39(35,36)31-20-11-9-18(3)32(24(20)34)17-23(33)29-13-15-38-30-25(27)28/h9-12,16,31H,6-8,13-15,17H2,1-5H3,(H,29,33)(H4,27,28,30). The molecule has 13 heteroatoms. The lowest BCUT2D eigenvalue weighted by molar-refractivity contribution is -0.122. The molecule has 2 rings (SSSR count). The van der Waals surface area contributed by atoms with E-state index in [0.717, 1.165) is 24.8 Å². The number of nitrogens with zero attached hydrogens (tertiary/aromatic N) is 1. The Kier molecular flexibility index (Phi) is 11.3. The number of hydrogen-bond donors (Lipinski definition) is 5. The third-order valence-corrected chi connectivity index (χ3v) is 7.69. The van der Waals surface area contributed by atoms with Crippen LogP contribution in [-0.4, -0.2) is 44.6 Å². The Hall–Kier alpha value is -3.58. The van der Waals surface area contributed by atoms with Crippen LogP contribution in [0.4, 0.5) is 5.69 Å². The summed E-state index contributed by atoms with van der Waals surface area (Å²) in [6, 6.07) is 8.05. The smallest absolute Gasteiger partial charge is 0.275 e. The van der Waals surface area contributed by atoms with Crippen LogP contribution in [-0.2, 0) is 31.6 Å². The van der Waals surface area contributed by atoms with Gasteiger partial charge < -0.3 is 20.4 Å². The van der Waals surface area contributed by atoms with Crippen LogP contribution >= 0.6 is 0 Å². The van der Waals surface area contributed by atoms with Crippen molar-refractivity contribution in [1.29, 1.82) is 5.41 Å². The zero-order valence-electron chi connectivity index (χ0n) is 23.2. The highest BCUT2D eigenvalue weighted by Crippen LogP contribution is 2.33. The number of ether oxygens (including phenoxy) is 1. The fourth-order valence-electron chi connectivity index (χ4n) is 3.50. The van der Waals surface area contributed by atoms with Crippen molar-refractivity contribution in [2.45, 2.75) is 70.7 Å². The van der Waals surface area contributed by atoms with Crippen molar-refractivity contribution in [2.75, 3.05) is 24.5 Å². The Morgan fingerprint density at radius 3 is 2.51 bits per heavy atom. The number of carbonyl (C=O) groups excluding carboxylic acids is 1. The van der Waals surface area contributed by atoms with Gasteiger partial charge in [0.25, 0.3) is 15.6 Å². The fourth-order valence-corrected chi connectivity index (χ4v) is 4.73. The number of hydroxylamine groups is 1. The number of amides is 1. The van der Waals surface area contributed by atoms with Crippen molar-refractivity contribution >= 4 is 27.6 Å². The van der Waals surface area contributed by atoms with Crippen LogP contribution in [0.25, 0.3) is 0 Å². The molecule has 0 saturated carbocycles. The minimum Gasteiger partial charge on any atom is -0.492 e. The number of sulfonamides is 1. The maximum Gasteiger partial charge on any atom is 0.275 e. The number of benzene rings is 1. The van der Waals surface area contributed by atoms with Crippen LogP contribution in [0.2, 0.25) is 0 Å². The van der Waals surface area contributed by atoms with E-state index in [1.807, 2.05) is 33.8 Å². The highest BCUT2D eigenvalue weighted by atomic mass is 32.2. The van der Waals surface area contributed by atoms with E-state index in [1.54, 1.807) is 25.1 Å². The second-order valence-corrected chi connectivity index (χ2v) is 11.4. The van der Waals surface area contributed by atoms with Crippen molar-refractivity contribution in [2.24, 2.45) is 5.73 Å². The van der Waals surface area contributed by atoms with Crippen LogP contribution in [0, 0.1) is 12.3 Å². The van der Waals surface area contributed by atoms with Gasteiger partial charge in [0.2, 0.25) is 11.9 Å². The van der Waals surface area contributed by atoms with E-state index in [1.165, 1.54) is 10.6 Å². The molecule has 1 amide bonds. The molecule has 39 heavy (non-hydrogen) atoms. The summed E-state index contributed by atoms with van der Waals surface area (Å²) >= 11 is 0. The van der Waals surface area contributed by atoms with Gasteiger partial charge in [-0.15, -0.1) is 0 Å². The minimum absolute atomic E-state index is 0.0373. The van der Waals surface area contributed by atoms with E-state index < -0.39 is 21.5 Å². The summed E-state index contributed by atoms with van der Waals surface area (Å²) in [4.78, 5) is 30.4. The second-order valence-electron chi connectivity index (χ2n) is 9.70. The molecule has 0 spiro atoms. The quantitative estimate of drug-likeness (QED) is 0.0947. The van der Waals surface area contributed by atoms with Crippen LogP contribution in [0.3, 0.4) is 0 Å². The lowest BCUT2D eigenvalue weighted by Gasteiger charge is -2.25. The Bertz CT molecular complexity index is 1320. The number of nitrogens with two attached hydrogens (primary N) is 1. The Morgan fingerprint density at radius 1 is 1.15 bits per heavy atom. The molecule has 2 aromatic rings. The lowest BCUT2D eigenvalue weighted by Crippen LogP contribution is -2.37. The molecule has 0 aliphatic heterocycles. The van der Waals surface area contributed by atoms with Crippen molar-refractivity contribution in [3.05, 3.63) is 51.9 Å². The monoisotopic (exact) mass is 564 g/mol. The van der Waals surface area contributed by atoms with Gasteiger partial charge in [0, 0.05) is 12.2 Å². The van der Waals surface area contributed by atoms with E-state index in [2.05, 4.69) is 15.5 Å². The molecule has 0 bridgehead atoms. The molecule has 6 N–H and O–H groups in total. The maximum atomic E-state index is 13.6. The molecule has 216 valence electrons. The highest BCUT2D eigenvalue weighted by Gasteiger charge is 2.26. The molecule has 1 aromatic heterocycles. The number of hydrogen-bond acceptors (Lipinski definition) is 7. The SMILES string of the molecule is CCCCOc1ccc(C(C)(C)CC)cc1S(=O)(=O)Nc1ccc(C)n(CC(=O)NCCONC(=N)N)c1=O. The van der Waals surface area contributed by atoms with Gasteiger partial charge in [0.1, 0.15) is 22.9 Å². The Labute approximate surface area is 229 Å². The Balaban J connectivity index is 2.32. The molecule has 0 aliphatic carbocycles. The summed E-state index contributed by atoms with van der Waals surface area (Å²) in [5.74, 6) is -0.643. The highest BCUT2D eigenvalue weighted by molar-refractivity contribution is 7.92. The van der Waals surface area contributed by atoms with Crippen molar-refractivity contribution < 1.29 is 22.8 Å². The first-order valence-electron chi connectivity index (χ1n) is 12.8. The summed E-state index contributed by atoms with van der Waals surface area (Å²) in [7, 11) is -4.22. The van der Waals surface area contributed by atoms with E-state index in [-0.39, 0.29) is 47.4 Å². The number of aryl methyl sites for hydroxylation is 1. The molecule has 0 fully saturated rings. The van der Waals surface area contributed by atoms with Gasteiger partial charge in [-0.25, -0.2) is 13.9 Å². The number of aromatic nitrogens is 1. The van der Waals surface area contributed by atoms with Crippen LogP contribution in [0.1, 0.15) is 58.2 Å². The van der Waals surface area contributed by atoms with Gasteiger partial charge in [-0.1, -0.05) is 40.2 Å². The lowest BCUT2D eigenvalue weighted by atomic mass is 9.82. The summed E-state index contributed by atoms with van der Waals surface area (Å²) in [5, 5.41) is 9.58. The van der Waals surface area contributed by atoms with Gasteiger partial charge in [-0.05, 0) is 55.0 Å². The summed E-state index contributed by atoms with van der Waals surface area (Å²) in [6.07, 6.45) is 2.44. The third kappa shape index (κ3) is 8.99. The van der Waals surface area contributed by atoms with Crippen LogP contribution in [0.5, 0.6) is 5.75 Å². The topological polar surface area (TPSA) is 178 Å². The van der Waals surface area contributed by atoms with Crippen molar-refractivity contribution in [3.8, 4) is 5.75 Å². The largest absolute Gasteiger partial charge is 0.492 e. The zero-order chi connectivity index (χ0) is 29.2. The predicted octanol–water partition coefficient (Wildman–Crippen LogP) is 2.35. The Morgan fingerprint density at radius 2 is 1.87 bits per heavy atom. The van der Waals surface area contributed by atoms with E-state index in [9.17, 15) is 18.0 Å². The number of nitrogens with one attached hydrogen (secondary N) is 4. The molecule has 0 saturated heterocycles. The average molecular weight is 565 g/mol. The van der Waals surface area contributed by atoms with Crippen LogP contribution < -0.4 is 31.5 Å². The molecular formula is C26H40N6O6S. The summed E-state index contributed by atoms with van der Waals surface area (Å²) in [6.45, 7) is 9.91. The first kappa shape index (κ1) is 31.6. The average Bonchev–Trinajstić information content (AvgIpc) is 2.88. The van der Waals surface area contributed by atoms with Crippen molar-refractivity contribution in [1.82, 2.24) is 15.4 Å². The number of anilines is 1. The summed E-state index contributed by atoms with van der Waals surface area (Å²) < 4.78 is 36.6. The van der Waals surface area contributed by atoms with E-state index in [4.69, 9.17) is 20.7 Å². The zero-order valence-corrected chi connectivity index (χ0v) is 24.0. The molecule has 1 aromatic carbocycles. The third-order valence-electron chi connectivity index (χ3n) is 6.30. The maximum absolute atomic E-state index is 13.6. The second kappa shape index (κ2) is 14.0. The van der Waals surface area contributed by atoms with Gasteiger partial charge in [-0.3, -0.25) is 24.6 Å². The van der Waals surface area contributed by atoms with Gasteiger partial charge >= 0.3 is 0 Å². The molecule has 12 nitrogen and oxygen atoms in total. The molecule has 0 radical (unpaired) electrons. The number of carbonyl (C=O) groups is 1. The van der Waals surface area contributed by atoms with Gasteiger partial charge in [0.15, 0.2) is 0 Å². The van der Waals surface area contributed by atoms with E-state index >= 15 is 0 Å². The fraction of sp³-hybridized carbons (Fsp3) is 0.500. The number of unbranched alkanes of at least 4 members (excludes halogenated alkanes) is 1. The number of pyridine rings is 1. The number of guanidine groups is 1. The first-order chi connectivity index (χ1) is 18.3. The first-order valence-corrected chi connectivity index (χ1v) is 14.3. The summed E-state index contributed by atoms with van der Waals surface area (Å²) in [5.41, 5.74) is 7.41. The predicted molar refractivity (Wildman–Crippen MR) is 150 cm³/mol. The van der Waals surface area contributed by atoms with Crippen molar-refractivity contribution in [3.63, 3.8) is 0 Å². The molecule has 0 atom stereocenters. The van der Waals surface area contributed by atoms with Gasteiger partial charge in [0.05, 0.1) is 13.2 Å². The van der Waals surface area contributed by atoms with Gasteiger partial charge in [-0.2, -0.15) is 0 Å². The van der Waals surface area contributed by atoms with E-state index in [0.29, 0.717) is 12.3 Å². The molecule has 0 aliphatic rings. The normalized spacial score (nSPS) is 11.6. The molecular weight excluding hydrogens is 524 g/mol.